The smallest absolute Gasteiger partial charge is 0.119 e. The highest BCUT2D eigenvalue weighted by Gasteiger charge is 2.00. The van der Waals surface area contributed by atoms with E-state index in [1.54, 1.807) is 0 Å². The molecule has 0 heterocycles. The van der Waals surface area contributed by atoms with Crippen molar-refractivity contribution in [3.8, 4) is 5.75 Å². The minimum Gasteiger partial charge on any atom is -0.494 e. The van der Waals surface area contributed by atoms with Gasteiger partial charge < -0.3 is 15.2 Å². The zero-order chi connectivity index (χ0) is 16.8. The summed E-state index contributed by atoms with van der Waals surface area (Å²) < 4.78 is 5.66. The van der Waals surface area contributed by atoms with Crippen molar-refractivity contribution < 1.29 is 9.84 Å². The molecule has 0 spiro atoms. The molecule has 0 aliphatic heterocycles. The summed E-state index contributed by atoms with van der Waals surface area (Å²) in [7, 11) is 0. The van der Waals surface area contributed by atoms with E-state index >= 15 is 0 Å². The van der Waals surface area contributed by atoms with Crippen LogP contribution in [0.25, 0.3) is 0 Å². The number of aliphatic hydroxyl groups is 1. The minimum absolute atomic E-state index is 0.0924. The molecule has 2 N–H and O–H groups in total. The van der Waals surface area contributed by atoms with Gasteiger partial charge in [0, 0.05) is 11.1 Å². The second-order valence-electron chi connectivity index (χ2n) is 5.68. The number of aliphatic hydroxyl groups excluding tert-OH is 1. The zero-order valence-corrected chi connectivity index (χ0v) is 14.9. The van der Waals surface area contributed by atoms with Gasteiger partial charge in [-0.25, -0.2) is 0 Å². The van der Waals surface area contributed by atoms with Gasteiger partial charge in [0.2, 0.25) is 0 Å². The van der Waals surface area contributed by atoms with Gasteiger partial charge in [-0.05, 0) is 50.1 Å². The SMILES string of the molecule is CCC/C=C\[C@@H](CO)NCCCCCCOc1ccc(Cl)cc1. The van der Waals surface area contributed by atoms with E-state index in [4.69, 9.17) is 16.3 Å². The summed E-state index contributed by atoms with van der Waals surface area (Å²) in [5.74, 6) is 0.876. The van der Waals surface area contributed by atoms with Crippen LogP contribution in [0.3, 0.4) is 0 Å². The van der Waals surface area contributed by atoms with Crippen molar-refractivity contribution in [1.29, 1.82) is 0 Å². The van der Waals surface area contributed by atoms with Crippen LogP contribution in [0.15, 0.2) is 36.4 Å². The zero-order valence-electron chi connectivity index (χ0n) is 14.1. The van der Waals surface area contributed by atoms with E-state index in [0.717, 1.165) is 56.0 Å². The quantitative estimate of drug-likeness (QED) is 0.408. The number of hydrogen-bond acceptors (Lipinski definition) is 3. The molecule has 130 valence electrons. The highest BCUT2D eigenvalue weighted by molar-refractivity contribution is 6.30. The van der Waals surface area contributed by atoms with Crippen molar-refractivity contribution in [2.45, 2.75) is 51.5 Å². The first-order valence-electron chi connectivity index (χ1n) is 8.65. The topological polar surface area (TPSA) is 41.5 Å². The summed E-state index contributed by atoms with van der Waals surface area (Å²) in [5, 5.41) is 13.4. The van der Waals surface area contributed by atoms with E-state index in [1.807, 2.05) is 24.3 Å². The fourth-order valence-corrected chi connectivity index (χ4v) is 2.34. The molecular weight excluding hydrogens is 310 g/mol. The summed E-state index contributed by atoms with van der Waals surface area (Å²) in [4.78, 5) is 0. The van der Waals surface area contributed by atoms with E-state index in [2.05, 4.69) is 24.4 Å². The number of benzene rings is 1. The molecule has 4 heteroatoms. The number of halogens is 1. The maximum atomic E-state index is 9.28. The lowest BCUT2D eigenvalue weighted by atomic mass is 10.2. The van der Waals surface area contributed by atoms with Gasteiger partial charge >= 0.3 is 0 Å². The van der Waals surface area contributed by atoms with Crippen molar-refractivity contribution in [2.24, 2.45) is 0 Å². The Labute approximate surface area is 145 Å². The second-order valence-corrected chi connectivity index (χ2v) is 6.11. The van der Waals surface area contributed by atoms with E-state index in [1.165, 1.54) is 6.42 Å². The molecule has 0 amide bonds. The Bertz CT molecular complexity index is 420. The van der Waals surface area contributed by atoms with Crippen LogP contribution in [0.1, 0.15) is 45.4 Å². The molecule has 1 aromatic carbocycles. The highest BCUT2D eigenvalue weighted by atomic mass is 35.5. The van der Waals surface area contributed by atoms with Crippen molar-refractivity contribution in [3.05, 3.63) is 41.4 Å². The number of rotatable bonds is 13. The van der Waals surface area contributed by atoms with Crippen LogP contribution in [0.5, 0.6) is 5.75 Å². The van der Waals surface area contributed by atoms with Crippen LogP contribution in [0, 0.1) is 0 Å². The third kappa shape index (κ3) is 10.4. The first-order valence-corrected chi connectivity index (χ1v) is 9.03. The molecule has 0 fully saturated rings. The second kappa shape index (κ2) is 13.4. The molecule has 3 nitrogen and oxygen atoms in total. The Kier molecular flexibility index (Phi) is 11.7. The Morgan fingerprint density at radius 2 is 1.91 bits per heavy atom. The fourth-order valence-electron chi connectivity index (χ4n) is 2.21. The Morgan fingerprint density at radius 3 is 2.61 bits per heavy atom. The summed E-state index contributed by atoms with van der Waals surface area (Å²) in [6.45, 7) is 4.01. The molecule has 1 atom stereocenters. The van der Waals surface area contributed by atoms with Gasteiger partial charge in [0.05, 0.1) is 13.2 Å². The van der Waals surface area contributed by atoms with Gasteiger partial charge in [-0.2, -0.15) is 0 Å². The van der Waals surface area contributed by atoms with Gasteiger partial charge in [-0.15, -0.1) is 0 Å². The van der Waals surface area contributed by atoms with Crippen LogP contribution in [-0.2, 0) is 0 Å². The predicted molar refractivity (Wildman–Crippen MR) is 98.3 cm³/mol. The van der Waals surface area contributed by atoms with Crippen molar-refractivity contribution >= 4 is 11.6 Å². The Morgan fingerprint density at radius 1 is 1.17 bits per heavy atom. The molecule has 1 rings (SSSR count). The fraction of sp³-hybridized carbons (Fsp3) is 0.579. The van der Waals surface area contributed by atoms with Gasteiger partial charge in [0.1, 0.15) is 5.75 Å². The molecule has 23 heavy (non-hydrogen) atoms. The maximum absolute atomic E-state index is 9.28. The molecule has 0 unspecified atom stereocenters. The highest BCUT2D eigenvalue weighted by Crippen LogP contribution is 2.15. The largest absolute Gasteiger partial charge is 0.494 e. The third-order valence-corrected chi connectivity index (χ3v) is 3.83. The predicted octanol–water partition coefficient (Wildman–Crippen LogP) is 4.59. The van der Waals surface area contributed by atoms with Crippen molar-refractivity contribution in [2.75, 3.05) is 19.8 Å². The number of allylic oxidation sites excluding steroid dienone is 1. The van der Waals surface area contributed by atoms with Crippen LogP contribution in [-0.4, -0.2) is 30.9 Å². The van der Waals surface area contributed by atoms with Crippen LogP contribution >= 0.6 is 11.6 Å². The van der Waals surface area contributed by atoms with Crippen molar-refractivity contribution in [3.63, 3.8) is 0 Å². The molecule has 0 aliphatic rings. The molecule has 0 aromatic heterocycles. The van der Waals surface area contributed by atoms with E-state index in [-0.39, 0.29) is 12.6 Å². The third-order valence-electron chi connectivity index (χ3n) is 3.58. The molecule has 0 saturated carbocycles. The average Bonchev–Trinajstić information content (AvgIpc) is 2.57. The van der Waals surface area contributed by atoms with Crippen LogP contribution in [0.2, 0.25) is 5.02 Å². The normalized spacial score (nSPS) is 12.7. The lowest BCUT2D eigenvalue weighted by molar-refractivity contribution is 0.263. The van der Waals surface area contributed by atoms with E-state index in [9.17, 15) is 5.11 Å². The van der Waals surface area contributed by atoms with Crippen LogP contribution < -0.4 is 10.1 Å². The van der Waals surface area contributed by atoms with Crippen molar-refractivity contribution in [1.82, 2.24) is 5.32 Å². The number of nitrogens with one attached hydrogen (secondary N) is 1. The number of hydrogen-bond donors (Lipinski definition) is 2. The van der Waals surface area contributed by atoms with E-state index < -0.39 is 0 Å². The monoisotopic (exact) mass is 339 g/mol. The number of ether oxygens (including phenoxy) is 1. The first kappa shape index (κ1) is 20.0. The molecular formula is C19H30ClNO2. The summed E-state index contributed by atoms with van der Waals surface area (Å²) in [6, 6.07) is 7.57. The number of unbranched alkanes of at least 4 members (excludes halogenated alkanes) is 4. The molecule has 0 saturated heterocycles. The van der Waals surface area contributed by atoms with Gasteiger partial charge in [-0.3, -0.25) is 0 Å². The van der Waals surface area contributed by atoms with E-state index in [0.29, 0.717) is 0 Å². The Hall–Kier alpha value is -1.03. The van der Waals surface area contributed by atoms with Gasteiger partial charge in [0.25, 0.3) is 0 Å². The Balaban J connectivity index is 1.97. The first-order chi connectivity index (χ1) is 11.3. The molecule has 0 bridgehead atoms. The lowest BCUT2D eigenvalue weighted by Crippen LogP contribution is -2.31. The summed E-state index contributed by atoms with van der Waals surface area (Å²) in [6.07, 6.45) is 10.9. The average molecular weight is 340 g/mol. The van der Waals surface area contributed by atoms with Gasteiger partial charge in [0.15, 0.2) is 0 Å². The summed E-state index contributed by atoms with van der Waals surface area (Å²) in [5.41, 5.74) is 0. The maximum Gasteiger partial charge on any atom is 0.119 e. The molecule has 0 radical (unpaired) electrons. The standard InChI is InChI=1S/C19H30ClNO2/c1-2-3-6-9-18(16-22)21-14-7-4-5-8-15-23-19-12-10-17(20)11-13-19/h6,9-13,18,21-22H,2-5,7-8,14-16H2,1H3/b9-6-/t18-/m0/s1. The lowest BCUT2D eigenvalue weighted by Gasteiger charge is -2.12. The minimum atomic E-state index is 0.0924. The summed E-state index contributed by atoms with van der Waals surface area (Å²) >= 11 is 5.83. The molecule has 1 aromatic rings. The van der Waals surface area contributed by atoms with Crippen LogP contribution in [0.4, 0.5) is 0 Å². The van der Waals surface area contributed by atoms with Gasteiger partial charge in [-0.1, -0.05) is 49.9 Å². The molecule has 0 aliphatic carbocycles.